The predicted octanol–water partition coefficient (Wildman–Crippen LogP) is 2.75. The van der Waals surface area contributed by atoms with Crippen molar-refractivity contribution in [1.82, 2.24) is 4.98 Å². The van der Waals surface area contributed by atoms with Gasteiger partial charge in [0.15, 0.2) is 0 Å². The van der Waals surface area contributed by atoms with E-state index in [1.807, 2.05) is 6.07 Å². The van der Waals surface area contributed by atoms with E-state index in [4.69, 9.17) is 21.6 Å². The minimum absolute atomic E-state index is 0.0284. The highest BCUT2D eigenvalue weighted by Crippen LogP contribution is 2.29. The van der Waals surface area contributed by atoms with Crippen LogP contribution in [0.2, 0.25) is 5.02 Å². The van der Waals surface area contributed by atoms with Crippen molar-refractivity contribution in [3.63, 3.8) is 0 Å². The maximum absolute atomic E-state index is 12.3. The maximum Gasteiger partial charge on any atom is 0.280 e. The summed E-state index contributed by atoms with van der Waals surface area (Å²) in [5, 5.41) is 8.57. The van der Waals surface area contributed by atoms with Crippen LogP contribution in [-0.4, -0.2) is 12.1 Å². The van der Waals surface area contributed by atoms with Crippen molar-refractivity contribution in [3.8, 4) is 11.9 Å². The highest BCUT2D eigenvalue weighted by molar-refractivity contribution is 6.31. The highest BCUT2D eigenvalue weighted by Gasteiger charge is 2.16. The average Bonchev–Trinajstić information content (AvgIpc) is 2.20. The number of aromatic nitrogens is 1. The third-order valence-electron chi connectivity index (χ3n) is 1.72. The first kappa shape index (κ1) is 11.7. The first-order chi connectivity index (χ1) is 7.10. The number of ether oxygens (including phenoxy) is 1. The Morgan fingerprint density at radius 2 is 2.33 bits per heavy atom. The molecule has 0 saturated heterocycles. The monoisotopic (exact) mass is 232 g/mol. The number of nitriles is 1. The second-order valence-electron chi connectivity index (χ2n) is 2.65. The predicted molar refractivity (Wildman–Crippen MR) is 50.1 cm³/mol. The van der Waals surface area contributed by atoms with Gasteiger partial charge in [-0.2, -0.15) is 5.26 Å². The summed E-state index contributed by atoms with van der Waals surface area (Å²) in [6.45, 7) is 0. The van der Waals surface area contributed by atoms with Crippen LogP contribution in [0.4, 0.5) is 8.78 Å². The Morgan fingerprint density at radius 1 is 1.67 bits per heavy atom. The van der Waals surface area contributed by atoms with Gasteiger partial charge in [0.1, 0.15) is 5.69 Å². The average molecular weight is 233 g/mol. The van der Waals surface area contributed by atoms with E-state index < -0.39 is 12.1 Å². The van der Waals surface area contributed by atoms with Gasteiger partial charge in [-0.1, -0.05) is 11.6 Å². The summed E-state index contributed by atoms with van der Waals surface area (Å²) in [7, 11) is 1.29. The van der Waals surface area contributed by atoms with Crippen molar-refractivity contribution in [2.24, 2.45) is 0 Å². The van der Waals surface area contributed by atoms with Gasteiger partial charge in [0.2, 0.25) is 5.88 Å². The molecule has 3 nitrogen and oxygen atoms in total. The van der Waals surface area contributed by atoms with E-state index in [0.29, 0.717) is 5.56 Å². The molecule has 80 valence electrons. The standard InChI is InChI=1S/C9H7ClF2N2O/c1-15-9-5(2-3-13)6(10)4-7(14-9)8(11)12/h4,8H,2H2,1H3. The SMILES string of the molecule is COc1nc(C(F)F)cc(Cl)c1CC#N. The molecule has 1 aromatic heterocycles. The van der Waals surface area contributed by atoms with E-state index in [2.05, 4.69) is 4.98 Å². The largest absolute Gasteiger partial charge is 0.481 e. The third-order valence-corrected chi connectivity index (χ3v) is 2.06. The fourth-order valence-corrected chi connectivity index (χ4v) is 1.32. The molecule has 6 heteroatoms. The van der Waals surface area contributed by atoms with Crippen molar-refractivity contribution in [2.75, 3.05) is 7.11 Å². The molecule has 0 aliphatic rings. The van der Waals surface area contributed by atoms with Gasteiger partial charge in [-0.15, -0.1) is 0 Å². The van der Waals surface area contributed by atoms with Crippen LogP contribution in [0, 0.1) is 11.3 Å². The van der Waals surface area contributed by atoms with Gasteiger partial charge in [0, 0.05) is 5.56 Å². The quantitative estimate of drug-likeness (QED) is 0.805. The van der Waals surface area contributed by atoms with E-state index in [-0.39, 0.29) is 17.3 Å². The molecule has 0 atom stereocenters. The van der Waals surface area contributed by atoms with Gasteiger partial charge >= 0.3 is 0 Å². The molecule has 0 radical (unpaired) electrons. The third kappa shape index (κ3) is 2.54. The van der Waals surface area contributed by atoms with Crippen LogP contribution in [0.25, 0.3) is 0 Å². The number of halogens is 3. The minimum atomic E-state index is -2.72. The van der Waals surface area contributed by atoms with Crippen molar-refractivity contribution in [1.29, 1.82) is 5.26 Å². The van der Waals surface area contributed by atoms with Crippen molar-refractivity contribution in [3.05, 3.63) is 22.3 Å². The normalized spacial score (nSPS) is 10.1. The molecule has 1 aromatic rings. The topological polar surface area (TPSA) is 45.9 Å². The summed E-state index contributed by atoms with van der Waals surface area (Å²) in [5.41, 5.74) is -0.135. The van der Waals surface area contributed by atoms with Gasteiger partial charge < -0.3 is 4.74 Å². The van der Waals surface area contributed by atoms with Crippen LogP contribution in [0.3, 0.4) is 0 Å². The van der Waals surface area contributed by atoms with E-state index >= 15 is 0 Å². The zero-order valence-corrected chi connectivity index (χ0v) is 8.55. The fraction of sp³-hybridized carbons (Fsp3) is 0.333. The fourth-order valence-electron chi connectivity index (χ4n) is 1.06. The summed E-state index contributed by atoms with van der Waals surface area (Å²) < 4.78 is 29.5. The summed E-state index contributed by atoms with van der Waals surface area (Å²) >= 11 is 5.73. The zero-order chi connectivity index (χ0) is 11.4. The molecule has 0 saturated carbocycles. The van der Waals surface area contributed by atoms with Gasteiger partial charge in [0.05, 0.1) is 24.6 Å². The molecular formula is C9H7ClF2N2O. The van der Waals surface area contributed by atoms with E-state index in [9.17, 15) is 8.78 Å². The first-order valence-corrected chi connectivity index (χ1v) is 4.36. The molecular weight excluding hydrogens is 226 g/mol. The van der Waals surface area contributed by atoms with Crippen molar-refractivity contribution < 1.29 is 13.5 Å². The highest BCUT2D eigenvalue weighted by atomic mass is 35.5. The van der Waals surface area contributed by atoms with E-state index in [0.717, 1.165) is 6.07 Å². The Morgan fingerprint density at radius 3 is 2.80 bits per heavy atom. The van der Waals surface area contributed by atoms with Crippen molar-refractivity contribution >= 4 is 11.6 Å². The second kappa shape index (κ2) is 4.89. The number of nitrogens with zero attached hydrogens (tertiary/aromatic N) is 2. The van der Waals surface area contributed by atoms with E-state index in [1.165, 1.54) is 7.11 Å². The number of alkyl halides is 2. The van der Waals surface area contributed by atoms with Crippen LogP contribution in [0.15, 0.2) is 6.07 Å². The van der Waals surface area contributed by atoms with Gasteiger partial charge in [-0.25, -0.2) is 13.8 Å². The number of pyridine rings is 1. The van der Waals surface area contributed by atoms with Crippen LogP contribution in [0.5, 0.6) is 5.88 Å². The molecule has 0 unspecified atom stereocenters. The summed E-state index contributed by atoms with van der Waals surface area (Å²) in [5.74, 6) is -0.0284. The lowest BCUT2D eigenvalue weighted by Crippen LogP contribution is -2.00. The zero-order valence-electron chi connectivity index (χ0n) is 7.80. The Hall–Kier alpha value is -1.41. The second-order valence-corrected chi connectivity index (χ2v) is 3.06. The van der Waals surface area contributed by atoms with E-state index in [1.54, 1.807) is 0 Å². The molecule has 0 aliphatic heterocycles. The van der Waals surface area contributed by atoms with Crippen LogP contribution < -0.4 is 4.74 Å². The van der Waals surface area contributed by atoms with Crippen LogP contribution in [0.1, 0.15) is 17.7 Å². The lowest BCUT2D eigenvalue weighted by Gasteiger charge is -2.08. The maximum atomic E-state index is 12.3. The van der Waals surface area contributed by atoms with Gasteiger partial charge in [-0.05, 0) is 6.07 Å². The smallest absolute Gasteiger partial charge is 0.280 e. The molecule has 0 aliphatic carbocycles. The number of hydrogen-bond acceptors (Lipinski definition) is 3. The van der Waals surface area contributed by atoms with Gasteiger partial charge in [0.25, 0.3) is 6.43 Å². The molecule has 0 fully saturated rings. The Balaban J connectivity index is 3.25. The molecule has 1 rings (SSSR count). The van der Waals surface area contributed by atoms with Crippen LogP contribution in [-0.2, 0) is 6.42 Å². The first-order valence-electron chi connectivity index (χ1n) is 3.98. The summed E-state index contributed by atoms with van der Waals surface area (Å²) in [4.78, 5) is 3.56. The lowest BCUT2D eigenvalue weighted by atomic mass is 10.2. The Kier molecular flexibility index (Phi) is 3.81. The molecule has 0 bridgehead atoms. The van der Waals surface area contributed by atoms with Crippen molar-refractivity contribution in [2.45, 2.75) is 12.8 Å². The minimum Gasteiger partial charge on any atom is -0.481 e. The summed E-state index contributed by atoms with van der Waals surface area (Å²) in [6, 6.07) is 2.90. The number of rotatable bonds is 3. The molecule has 0 aromatic carbocycles. The number of hydrogen-bond donors (Lipinski definition) is 0. The Bertz CT molecular complexity index is 404. The Labute approximate surface area is 90.3 Å². The molecule has 1 heterocycles. The summed E-state index contributed by atoms with van der Waals surface area (Å²) in [6.07, 6.45) is -2.74. The molecule has 0 amide bonds. The van der Waals surface area contributed by atoms with Crippen LogP contribution >= 0.6 is 11.6 Å². The lowest BCUT2D eigenvalue weighted by molar-refractivity contribution is 0.145. The molecule has 0 N–H and O–H groups in total. The van der Waals surface area contributed by atoms with Gasteiger partial charge in [-0.3, -0.25) is 0 Å². The molecule has 0 spiro atoms. The number of methoxy groups -OCH3 is 1. The molecule has 15 heavy (non-hydrogen) atoms.